The van der Waals surface area contributed by atoms with Crippen LogP contribution in [-0.4, -0.2) is 193 Å². The first kappa shape index (κ1) is 54.8. The van der Waals surface area contributed by atoms with Crippen LogP contribution in [0, 0.1) is 10.7 Å². The summed E-state index contributed by atoms with van der Waals surface area (Å²) in [7, 11) is 0. The van der Waals surface area contributed by atoms with Gasteiger partial charge in [-0.05, 0) is 67.8 Å². The summed E-state index contributed by atoms with van der Waals surface area (Å²) >= 11 is 2.13. The second-order valence-electron chi connectivity index (χ2n) is 12.2. The zero-order valence-corrected chi connectivity index (χ0v) is 44.1. The molecule has 0 aliphatic carbocycles. The average Bonchev–Trinajstić information content (AvgIpc) is 3.20. The Bertz CT molecular complexity index is 1770. The highest BCUT2D eigenvalue weighted by molar-refractivity contribution is 14.3. The van der Waals surface area contributed by atoms with Crippen molar-refractivity contribution in [3.05, 3.63) is 21.8 Å². The summed E-state index contributed by atoms with van der Waals surface area (Å²) in [6, 6.07) is 0. The number of rotatable bonds is 21. The Morgan fingerprint density at radius 1 is 0.593 bits per heavy atom. The van der Waals surface area contributed by atoms with Crippen molar-refractivity contribution in [2.24, 2.45) is 0 Å². The summed E-state index contributed by atoms with van der Waals surface area (Å²) in [6.45, 7) is -3.26. The third-order valence-electron chi connectivity index (χ3n) is 7.56. The molecule has 1 aromatic carbocycles. The highest BCUT2D eigenvalue weighted by Crippen LogP contribution is 2.38. The van der Waals surface area contributed by atoms with Crippen molar-refractivity contribution in [3.63, 3.8) is 0 Å². The molecule has 0 spiro atoms. The van der Waals surface area contributed by atoms with Gasteiger partial charge in [-0.3, -0.25) is 28.8 Å². The van der Waals surface area contributed by atoms with E-state index < -0.39 is 174 Å². The van der Waals surface area contributed by atoms with Crippen LogP contribution in [0.4, 0.5) is 5.69 Å². The molecule has 1 aliphatic rings. The highest BCUT2D eigenvalue weighted by Gasteiger charge is 2.35. The van der Waals surface area contributed by atoms with Gasteiger partial charge in [0, 0.05) is 39.1 Å². The number of aliphatic hydroxyl groups excluding tert-OH is 9. The van der Waals surface area contributed by atoms with Crippen LogP contribution in [0.3, 0.4) is 0 Å². The van der Waals surface area contributed by atoms with E-state index in [4.69, 9.17) is 5.11 Å². The summed E-state index contributed by atoms with van der Waals surface area (Å²) in [6.07, 6.45) is -7.00. The molecular formula is C32H44I6N6O15. The lowest BCUT2D eigenvalue weighted by Gasteiger charge is -2.37. The van der Waals surface area contributed by atoms with Gasteiger partial charge in [-0.2, -0.15) is 0 Å². The second-order valence-corrected chi connectivity index (χ2v) is 29.3. The van der Waals surface area contributed by atoms with Gasteiger partial charge in [0.1, 0.15) is 3.03 Å². The van der Waals surface area contributed by atoms with Gasteiger partial charge in [0.05, 0.1) is 101 Å². The van der Waals surface area contributed by atoms with E-state index in [-0.39, 0.29) is 47.2 Å². The van der Waals surface area contributed by atoms with Crippen LogP contribution in [0.15, 0.2) is 0 Å². The molecule has 0 bridgehead atoms. The van der Waals surface area contributed by atoms with E-state index in [9.17, 15) is 69.6 Å². The van der Waals surface area contributed by atoms with E-state index >= 15 is 0 Å². The molecule has 2 rings (SSSR count). The molecule has 1 aliphatic heterocycles. The van der Waals surface area contributed by atoms with Crippen molar-refractivity contribution in [2.75, 3.05) is 70.6 Å². The van der Waals surface area contributed by atoms with Crippen molar-refractivity contribution >= 4 is 176 Å². The first-order chi connectivity index (χ1) is 27.7. The number of anilines is 1. The van der Waals surface area contributed by atoms with Gasteiger partial charge in [0.25, 0.3) is 23.6 Å². The quantitative estimate of drug-likeness (QED) is 0.0425. The molecule has 0 aromatic heterocycles. The number of hydrogen-bond donors (Lipinski definition) is 12. The van der Waals surface area contributed by atoms with Crippen molar-refractivity contribution in [3.8, 4) is 0 Å². The lowest BCUT2D eigenvalue weighted by molar-refractivity contribution is -0.164. The molecule has 21 nitrogen and oxygen atoms in total. The predicted octanol–water partition coefficient (Wildman–Crippen LogP) is -3.26. The highest BCUT2D eigenvalue weighted by atomic mass is 127. The molecule has 12 N–H and O–H groups in total. The van der Waals surface area contributed by atoms with Gasteiger partial charge in [-0.15, -0.1) is 0 Å². The predicted molar refractivity (Wildman–Crippen MR) is 266 cm³/mol. The Balaban J connectivity index is 2.63. The van der Waals surface area contributed by atoms with E-state index in [1.54, 1.807) is 67.8 Å². The van der Waals surface area contributed by atoms with E-state index in [1.807, 2.05) is 2.02 Å². The third-order valence-corrected chi connectivity index (χ3v) is 24.2. The molecule has 1 aromatic rings. The zero-order valence-electron chi connectivity index (χ0n) is 31.1. The fourth-order valence-corrected chi connectivity index (χ4v) is 31.0. The number of carbonyl (C=O) groups is 6. The number of carbonyl (C=O) groups excluding carboxylic acids is 6. The van der Waals surface area contributed by atoms with Crippen LogP contribution < -0.4 is 20.9 Å². The third kappa shape index (κ3) is 16.3. The lowest BCUT2D eigenvalue weighted by atomic mass is 10.1. The largest absolute Gasteiger partial charge is 0.394 e. The standard InChI is InChI=1S/C32H44I6N6O15/c1-14(49)42(26-24(34)21(29(56)39-3-16(51)9-45)23(33)22(25(26)35)30(57)40-4-17(52)10-46)6-19(54)7-43(15(2)50)44(8-20(55)12-48)32(59)28-37-13-36-27(38-28)31(58)41-5-18(53)11-47/h13,16-20,45-48,51-55H,3-12H2,1-2H3,(H,39,56)(H,40,57)(H,41,58). The molecule has 0 fully saturated rings. The molecule has 5 unspecified atom stereocenters. The molecule has 1 heterocycles. The first-order valence-corrected chi connectivity index (χ1v) is 27.0. The summed E-state index contributed by atoms with van der Waals surface area (Å²) in [5, 5.41) is 97.9. The van der Waals surface area contributed by atoms with Gasteiger partial charge in [-0.25, -0.2) is 10.0 Å². The maximum Gasteiger partial charge on any atom is 0.284 e. The molecule has 6 amide bonds. The number of aliphatic hydroxyl groups is 9. The van der Waals surface area contributed by atoms with Crippen LogP contribution in [0.5, 0.6) is 0 Å². The minimum Gasteiger partial charge on any atom is -0.394 e. The Morgan fingerprint density at radius 3 is 1.46 bits per heavy atom. The molecule has 59 heavy (non-hydrogen) atoms. The minimum absolute atomic E-state index is 0.0177. The number of benzene rings is 1. The SMILES string of the molecule is CC(=O)N(CC(O)CN(C(C)=O)N(CC(O)CO)C(=O)C1=IC=IC(C(=O)NCC(O)CO)=I1)c1c(I)c(C(=O)NCC(O)CO)c(I)c(C(=O)NCC(O)CO)c1I. The molecule has 5 atom stereocenters. The van der Waals surface area contributed by atoms with Crippen LogP contribution in [0.25, 0.3) is 0 Å². The average molecular weight is 1510 g/mol. The number of amides is 6. The fraction of sp³-hybridized carbons (Fsp3) is 0.531. The number of hydrogen-bond acceptors (Lipinski definition) is 15. The summed E-state index contributed by atoms with van der Waals surface area (Å²) < 4.78 is 3.05. The van der Waals surface area contributed by atoms with Crippen LogP contribution in [-0.2, 0) is 19.2 Å². The van der Waals surface area contributed by atoms with Crippen molar-refractivity contribution < 1.29 is 74.7 Å². The number of halogens is 6. The molecule has 0 saturated carbocycles. The van der Waals surface area contributed by atoms with E-state index in [0.717, 1.165) is 28.8 Å². The van der Waals surface area contributed by atoms with Crippen molar-refractivity contribution in [2.45, 2.75) is 44.4 Å². The van der Waals surface area contributed by atoms with Crippen LogP contribution in [0.2, 0.25) is 0 Å². The van der Waals surface area contributed by atoms with Crippen molar-refractivity contribution in [1.29, 1.82) is 0 Å². The monoisotopic (exact) mass is 1510 g/mol. The summed E-state index contributed by atoms with van der Waals surface area (Å²) in [4.78, 5) is 81.7. The van der Waals surface area contributed by atoms with Crippen LogP contribution in [0.1, 0.15) is 34.6 Å². The summed E-state index contributed by atoms with van der Waals surface area (Å²) in [5.41, 5.74) is -0.258. The maximum atomic E-state index is 14.1. The Labute approximate surface area is 408 Å². The maximum absolute atomic E-state index is 14.1. The topological polar surface area (TPSA) is 330 Å². The Kier molecular flexibility index (Phi) is 25.2. The number of nitrogens with one attached hydrogen (secondary N) is 3. The minimum atomic E-state index is -1.65. The Hall–Kier alpha value is -0.330. The van der Waals surface area contributed by atoms with E-state index in [2.05, 4.69) is 16.0 Å². The molecule has 0 saturated heterocycles. The van der Waals surface area contributed by atoms with E-state index in [0.29, 0.717) is 3.03 Å². The van der Waals surface area contributed by atoms with Gasteiger partial charge < -0.3 is 66.8 Å². The number of hydrazine groups is 1. The second kappa shape index (κ2) is 27.1. The smallest absolute Gasteiger partial charge is 0.284 e. The summed E-state index contributed by atoms with van der Waals surface area (Å²) in [5.74, 6) is -4.25. The van der Waals surface area contributed by atoms with Gasteiger partial charge in [0.2, 0.25) is 11.8 Å². The number of nitrogens with zero attached hydrogens (tertiary/aromatic N) is 3. The van der Waals surface area contributed by atoms with Crippen molar-refractivity contribution in [1.82, 2.24) is 26.0 Å². The zero-order chi connectivity index (χ0) is 44.7. The normalized spacial score (nSPS) is 15.2. The van der Waals surface area contributed by atoms with Gasteiger partial charge >= 0.3 is 0 Å². The van der Waals surface area contributed by atoms with Gasteiger partial charge in [-0.1, -0.05) is 62.2 Å². The molecular weight excluding hydrogens is 1470 g/mol. The van der Waals surface area contributed by atoms with Crippen LogP contribution >= 0.6 is 130 Å². The van der Waals surface area contributed by atoms with Gasteiger partial charge in [0.15, 0.2) is 0 Å². The van der Waals surface area contributed by atoms with E-state index in [1.165, 1.54) is 0 Å². The molecule has 0 radical (unpaired) electrons. The molecule has 27 heteroatoms. The Morgan fingerprint density at radius 2 is 1.03 bits per heavy atom. The first-order valence-electron chi connectivity index (χ1n) is 17.0. The lowest BCUT2D eigenvalue weighted by Crippen LogP contribution is -2.56. The molecule has 334 valence electrons. The fourth-order valence-electron chi connectivity index (χ4n) is 4.63.